The molecule has 2 aromatic carbocycles. The van der Waals surface area contributed by atoms with Gasteiger partial charge in [0.05, 0.1) is 6.61 Å². The zero-order valence-electron chi connectivity index (χ0n) is 23.3. The molecule has 0 amide bonds. The number of halogens is 5. The first-order chi connectivity index (χ1) is 18.0. The number of hydrogen-bond donors (Lipinski definition) is 1. The van der Waals surface area contributed by atoms with Gasteiger partial charge in [-0.3, -0.25) is 0 Å². The van der Waals surface area contributed by atoms with Gasteiger partial charge in [0.25, 0.3) is 6.43 Å². The summed E-state index contributed by atoms with van der Waals surface area (Å²) in [5.74, 6) is 0.174. The predicted molar refractivity (Wildman–Crippen MR) is 146 cm³/mol. The van der Waals surface area contributed by atoms with Crippen molar-refractivity contribution < 1.29 is 31.5 Å². The summed E-state index contributed by atoms with van der Waals surface area (Å²) in [6, 6.07) is 14.6. The molecule has 3 nitrogen and oxygen atoms in total. The van der Waals surface area contributed by atoms with Crippen LogP contribution in [0.1, 0.15) is 86.7 Å². The number of pyridine rings is 1. The fourth-order valence-corrected chi connectivity index (χ4v) is 5.04. The molecule has 3 aromatic rings. The van der Waals surface area contributed by atoms with Gasteiger partial charge in [-0.15, -0.1) is 0 Å². The van der Waals surface area contributed by atoms with Gasteiger partial charge in [0, 0.05) is 11.1 Å². The molecule has 1 aromatic heterocycles. The Morgan fingerprint density at radius 2 is 1.44 bits per heavy atom. The highest BCUT2D eigenvalue weighted by Crippen LogP contribution is 2.46. The van der Waals surface area contributed by atoms with Crippen LogP contribution >= 0.6 is 0 Å². The molecular formula is C30H36F5NO2Si. The average molecular weight is 566 g/mol. The highest BCUT2D eigenvalue weighted by atomic mass is 28.4. The van der Waals surface area contributed by atoms with Gasteiger partial charge in [0.2, 0.25) is 0 Å². The van der Waals surface area contributed by atoms with Crippen molar-refractivity contribution in [1.82, 2.24) is 4.98 Å². The number of benzene rings is 2. The van der Waals surface area contributed by atoms with Crippen molar-refractivity contribution >= 4 is 8.32 Å². The summed E-state index contributed by atoms with van der Waals surface area (Å²) in [6.45, 7) is 13.4. The van der Waals surface area contributed by atoms with Crippen LogP contribution < -0.4 is 0 Å². The minimum atomic E-state index is -5.10. The SMILES string of the molecule is CC(C)c1ccc(C(O)c2c(C(F)(F)F)nc(C(F)F)c(CO[Si](C)(C)C(C)(C)C)c2-c2ccccc2)cc1. The van der Waals surface area contributed by atoms with Crippen LogP contribution in [0.15, 0.2) is 54.6 Å². The molecule has 0 aliphatic rings. The van der Waals surface area contributed by atoms with Crippen molar-refractivity contribution in [2.75, 3.05) is 0 Å². The van der Waals surface area contributed by atoms with E-state index >= 15 is 0 Å². The Morgan fingerprint density at radius 1 is 0.897 bits per heavy atom. The second-order valence-corrected chi connectivity index (χ2v) is 16.4. The van der Waals surface area contributed by atoms with Crippen LogP contribution in [0.3, 0.4) is 0 Å². The second kappa shape index (κ2) is 11.5. The molecule has 0 fully saturated rings. The average Bonchev–Trinajstić information content (AvgIpc) is 2.85. The van der Waals surface area contributed by atoms with E-state index in [9.17, 15) is 27.1 Å². The molecule has 1 unspecified atom stereocenters. The molecule has 9 heteroatoms. The molecule has 0 saturated heterocycles. The predicted octanol–water partition coefficient (Wildman–Crippen LogP) is 9.43. The van der Waals surface area contributed by atoms with Crippen LogP contribution in [0.4, 0.5) is 22.0 Å². The number of aliphatic hydroxyl groups is 1. The molecule has 3 rings (SSSR count). The van der Waals surface area contributed by atoms with Gasteiger partial charge < -0.3 is 9.53 Å². The third-order valence-electron chi connectivity index (χ3n) is 7.48. The van der Waals surface area contributed by atoms with Crippen molar-refractivity contribution in [2.24, 2.45) is 0 Å². The first-order valence-electron chi connectivity index (χ1n) is 12.8. The zero-order valence-corrected chi connectivity index (χ0v) is 24.3. The van der Waals surface area contributed by atoms with Gasteiger partial charge >= 0.3 is 6.18 Å². The molecular weight excluding hydrogens is 529 g/mol. The zero-order chi connectivity index (χ0) is 29.3. The largest absolute Gasteiger partial charge is 0.433 e. The fourth-order valence-electron chi connectivity index (χ4n) is 4.10. The number of hydrogen-bond acceptors (Lipinski definition) is 3. The lowest BCUT2D eigenvalue weighted by atomic mass is 9.86. The first-order valence-corrected chi connectivity index (χ1v) is 15.8. The summed E-state index contributed by atoms with van der Waals surface area (Å²) >= 11 is 0. The van der Waals surface area contributed by atoms with E-state index < -0.39 is 44.0 Å². The summed E-state index contributed by atoms with van der Waals surface area (Å²) in [6.07, 6.45) is -10.2. The maximum atomic E-state index is 14.5. The monoisotopic (exact) mass is 565 g/mol. The van der Waals surface area contributed by atoms with Crippen molar-refractivity contribution in [1.29, 1.82) is 0 Å². The van der Waals surface area contributed by atoms with E-state index in [1.807, 2.05) is 47.7 Å². The highest BCUT2D eigenvalue weighted by molar-refractivity contribution is 6.74. The van der Waals surface area contributed by atoms with Crippen molar-refractivity contribution in [3.05, 3.63) is 88.2 Å². The minimum absolute atomic E-state index is 0.132. The van der Waals surface area contributed by atoms with E-state index in [1.165, 1.54) is 0 Å². The maximum Gasteiger partial charge on any atom is 0.433 e. The van der Waals surface area contributed by atoms with Crippen LogP contribution in [-0.2, 0) is 17.2 Å². The molecule has 0 saturated carbocycles. The Bertz CT molecular complexity index is 1270. The molecule has 1 N–H and O–H groups in total. The molecule has 0 radical (unpaired) electrons. The fraction of sp³-hybridized carbons (Fsp3) is 0.433. The summed E-state index contributed by atoms with van der Waals surface area (Å²) < 4.78 is 78.4. The van der Waals surface area contributed by atoms with Crippen LogP contribution in [0, 0.1) is 0 Å². The Labute approximate surface area is 228 Å². The van der Waals surface area contributed by atoms with E-state index in [-0.39, 0.29) is 39.8 Å². The Balaban J connectivity index is 2.39. The number of aliphatic hydroxyl groups excluding tert-OH is 1. The summed E-state index contributed by atoms with van der Waals surface area (Å²) in [5, 5.41) is 11.2. The van der Waals surface area contributed by atoms with E-state index in [4.69, 9.17) is 4.43 Å². The van der Waals surface area contributed by atoms with E-state index in [2.05, 4.69) is 4.98 Å². The lowest BCUT2D eigenvalue weighted by molar-refractivity contribution is -0.142. The minimum Gasteiger partial charge on any atom is -0.412 e. The number of aromatic nitrogens is 1. The van der Waals surface area contributed by atoms with Crippen LogP contribution in [0.25, 0.3) is 11.1 Å². The standard InChI is InChI=1S/C30H36F5NO2Si/c1-18(2)19-13-15-21(16-14-19)26(37)24-23(20-11-9-8-10-12-20)22(17-38-39(6,7)29(3,4)5)25(28(31)32)36-27(24)30(33,34)35/h8-16,18,26,28,37H,17H2,1-7H3. The van der Waals surface area contributed by atoms with E-state index in [0.717, 1.165) is 5.56 Å². The Hall–Kier alpha value is -2.62. The molecule has 0 bridgehead atoms. The molecule has 0 aliphatic carbocycles. The van der Waals surface area contributed by atoms with Gasteiger partial charge in [-0.1, -0.05) is 89.2 Å². The van der Waals surface area contributed by atoms with Crippen molar-refractivity contribution in [3.63, 3.8) is 0 Å². The molecule has 1 heterocycles. The number of rotatable bonds is 8. The topological polar surface area (TPSA) is 42.4 Å². The molecule has 212 valence electrons. The lowest BCUT2D eigenvalue weighted by Gasteiger charge is -2.37. The number of alkyl halides is 5. The summed E-state index contributed by atoms with van der Waals surface area (Å²) in [7, 11) is -2.50. The summed E-state index contributed by atoms with van der Waals surface area (Å²) in [5.41, 5.74) is -1.98. The summed E-state index contributed by atoms with van der Waals surface area (Å²) in [4.78, 5) is 3.49. The van der Waals surface area contributed by atoms with Crippen LogP contribution in [0.2, 0.25) is 18.1 Å². The van der Waals surface area contributed by atoms with E-state index in [1.54, 1.807) is 54.6 Å². The van der Waals surface area contributed by atoms with Gasteiger partial charge in [0.15, 0.2) is 14.0 Å². The van der Waals surface area contributed by atoms with Gasteiger partial charge in [-0.25, -0.2) is 13.8 Å². The Kier molecular flexibility index (Phi) is 9.09. The lowest BCUT2D eigenvalue weighted by Crippen LogP contribution is -2.40. The highest BCUT2D eigenvalue weighted by Gasteiger charge is 2.43. The van der Waals surface area contributed by atoms with Crippen LogP contribution in [-0.4, -0.2) is 18.4 Å². The van der Waals surface area contributed by atoms with Crippen molar-refractivity contribution in [2.45, 2.75) is 84.0 Å². The molecule has 0 aliphatic heterocycles. The Morgan fingerprint density at radius 3 is 1.90 bits per heavy atom. The third kappa shape index (κ3) is 6.76. The second-order valence-electron chi connectivity index (χ2n) is 11.6. The van der Waals surface area contributed by atoms with Gasteiger partial charge in [0.1, 0.15) is 11.8 Å². The molecule has 39 heavy (non-hydrogen) atoms. The maximum absolute atomic E-state index is 14.5. The van der Waals surface area contributed by atoms with Gasteiger partial charge in [-0.05, 0) is 46.3 Å². The van der Waals surface area contributed by atoms with Crippen LogP contribution in [0.5, 0.6) is 0 Å². The normalized spacial score (nSPS) is 13.8. The number of nitrogens with zero attached hydrogens (tertiary/aromatic N) is 1. The smallest absolute Gasteiger partial charge is 0.412 e. The van der Waals surface area contributed by atoms with E-state index in [0.29, 0.717) is 0 Å². The first kappa shape index (κ1) is 30.9. The quantitative estimate of drug-likeness (QED) is 0.219. The molecule has 0 spiro atoms. The molecule has 1 atom stereocenters. The van der Waals surface area contributed by atoms with Gasteiger partial charge in [-0.2, -0.15) is 13.2 Å². The third-order valence-corrected chi connectivity index (χ3v) is 12.0. The van der Waals surface area contributed by atoms with Crippen molar-refractivity contribution in [3.8, 4) is 11.1 Å².